The molecule has 0 fully saturated rings. The second kappa shape index (κ2) is 5.99. The van der Waals surface area contributed by atoms with Crippen molar-refractivity contribution >= 4 is 10.8 Å². The van der Waals surface area contributed by atoms with Crippen molar-refractivity contribution in [3.63, 3.8) is 0 Å². The van der Waals surface area contributed by atoms with E-state index in [2.05, 4.69) is 40.5 Å². The Hall–Kier alpha value is -2.43. The third-order valence-corrected chi connectivity index (χ3v) is 4.14. The van der Waals surface area contributed by atoms with Gasteiger partial charge in [-0.15, -0.1) is 0 Å². The highest BCUT2D eigenvalue weighted by Crippen LogP contribution is 2.31. The highest BCUT2D eigenvalue weighted by Gasteiger charge is 2.18. The Labute approximate surface area is 136 Å². The third kappa shape index (κ3) is 2.56. The van der Waals surface area contributed by atoms with Gasteiger partial charge >= 0.3 is 0 Å². The minimum atomic E-state index is 0.711. The number of hydrogen-bond acceptors (Lipinski definition) is 4. The van der Waals surface area contributed by atoms with Crippen LogP contribution in [0.25, 0.3) is 16.6 Å². The summed E-state index contributed by atoms with van der Waals surface area (Å²) in [5, 5.41) is 10.9. The lowest BCUT2D eigenvalue weighted by molar-refractivity contribution is 0.316. The summed E-state index contributed by atoms with van der Waals surface area (Å²) in [5.41, 5.74) is 4.19. The van der Waals surface area contributed by atoms with Crippen LogP contribution in [0.5, 0.6) is 5.75 Å². The van der Waals surface area contributed by atoms with E-state index in [1.807, 2.05) is 26.0 Å². The minimum Gasteiger partial charge on any atom is -0.492 e. The molecule has 0 radical (unpaired) electrons. The van der Waals surface area contributed by atoms with Crippen molar-refractivity contribution in [1.29, 1.82) is 0 Å². The molecule has 3 heterocycles. The third-order valence-electron chi connectivity index (χ3n) is 4.14. The summed E-state index contributed by atoms with van der Waals surface area (Å²) >= 11 is 0. The lowest BCUT2D eigenvalue weighted by Gasteiger charge is -2.10. The first-order chi connectivity index (χ1) is 11.0. The van der Waals surface area contributed by atoms with Gasteiger partial charge in [-0.2, -0.15) is 10.2 Å². The summed E-state index contributed by atoms with van der Waals surface area (Å²) in [6.07, 6.45) is 2.77. The molecule has 0 aliphatic rings. The van der Waals surface area contributed by atoms with E-state index < -0.39 is 0 Å². The Balaban J connectivity index is 2.13. The van der Waals surface area contributed by atoms with Crippen LogP contribution < -0.4 is 4.74 Å². The summed E-state index contributed by atoms with van der Waals surface area (Å²) in [5.74, 6) is 1.69. The van der Waals surface area contributed by atoms with Gasteiger partial charge in [0.2, 0.25) is 0 Å². The van der Waals surface area contributed by atoms with Crippen LogP contribution >= 0.6 is 0 Å². The number of ether oxygens (including phenoxy) is 1. The second-order valence-corrected chi connectivity index (χ2v) is 5.83. The average Bonchev–Trinajstić information content (AvgIpc) is 2.82. The predicted octanol–water partition coefficient (Wildman–Crippen LogP) is 3.84. The van der Waals surface area contributed by atoms with Gasteiger partial charge in [-0.1, -0.05) is 6.92 Å². The van der Waals surface area contributed by atoms with Gasteiger partial charge < -0.3 is 9.30 Å². The molecule has 0 unspecified atom stereocenters. The smallest absolute Gasteiger partial charge is 0.137 e. The van der Waals surface area contributed by atoms with Crippen molar-refractivity contribution in [2.24, 2.45) is 0 Å². The first kappa shape index (κ1) is 15.5. The summed E-state index contributed by atoms with van der Waals surface area (Å²) < 4.78 is 7.78. The van der Waals surface area contributed by atoms with Crippen LogP contribution in [0, 0.1) is 27.7 Å². The first-order valence-corrected chi connectivity index (χ1v) is 7.95. The summed E-state index contributed by atoms with van der Waals surface area (Å²) in [7, 11) is 0. The van der Waals surface area contributed by atoms with E-state index in [9.17, 15) is 0 Å². The lowest BCUT2D eigenvalue weighted by Crippen LogP contribution is -2.02. The molecule has 3 aromatic heterocycles. The molecule has 0 amide bonds. The van der Waals surface area contributed by atoms with Crippen molar-refractivity contribution in [2.75, 3.05) is 6.61 Å². The number of aromatic nitrogens is 4. The molecule has 5 heteroatoms. The van der Waals surface area contributed by atoms with Crippen molar-refractivity contribution in [3.05, 3.63) is 41.1 Å². The van der Waals surface area contributed by atoms with Crippen LogP contribution in [0.15, 0.2) is 18.3 Å². The zero-order valence-electron chi connectivity index (χ0n) is 14.3. The number of rotatable bonds is 4. The number of nitrogens with zero attached hydrogens (tertiary/aromatic N) is 4. The Morgan fingerprint density at radius 1 is 0.957 bits per heavy atom. The van der Waals surface area contributed by atoms with Gasteiger partial charge in [0.1, 0.15) is 11.6 Å². The van der Waals surface area contributed by atoms with E-state index in [1.54, 1.807) is 6.20 Å². The monoisotopic (exact) mass is 310 g/mol. The molecule has 0 spiro atoms. The molecule has 3 rings (SSSR count). The van der Waals surface area contributed by atoms with Gasteiger partial charge in [0.05, 0.1) is 24.2 Å². The van der Waals surface area contributed by atoms with E-state index in [-0.39, 0.29) is 0 Å². The highest BCUT2D eigenvalue weighted by atomic mass is 16.5. The topological polar surface area (TPSA) is 52.8 Å². The Kier molecular flexibility index (Phi) is 4.03. The largest absolute Gasteiger partial charge is 0.492 e. The Morgan fingerprint density at radius 3 is 2.04 bits per heavy atom. The van der Waals surface area contributed by atoms with Crippen molar-refractivity contribution in [3.8, 4) is 11.6 Å². The molecule has 120 valence electrons. The van der Waals surface area contributed by atoms with Crippen LogP contribution in [0.2, 0.25) is 0 Å². The maximum absolute atomic E-state index is 5.61. The molecule has 0 aliphatic carbocycles. The number of aryl methyl sites for hydroxylation is 4. The number of fused-ring (bicyclic) bond motifs is 1. The van der Waals surface area contributed by atoms with E-state index >= 15 is 0 Å². The molecule has 0 atom stereocenters. The van der Waals surface area contributed by atoms with Crippen LogP contribution in [-0.4, -0.2) is 26.4 Å². The standard InChI is InChI=1S/C18H22N4O/c1-6-9-23-15-7-8-16(19-10-15)22-13(4)17-11(2)20-21-12(3)18(17)14(22)5/h7-8,10H,6,9H2,1-5H3. The fraction of sp³-hybridized carbons (Fsp3) is 0.389. The molecule has 0 N–H and O–H groups in total. The van der Waals surface area contributed by atoms with E-state index in [4.69, 9.17) is 4.74 Å². The molecule has 23 heavy (non-hydrogen) atoms. The number of hydrogen-bond donors (Lipinski definition) is 0. The van der Waals surface area contributed by atoms with E-state index in [0.717, 1.165) is 40.8 Å². The molecule has 5 nitrogen and oxygen atoms in total. The van der Waals surface area contributed by atoms with Crippen LogP contribution in [0.1, 0.15) is 36.1 Å². The van der Waals surface area contributed by atoms with Gasteiger partial charge in [-0.3, -0.25) is 0 Å². The molecule has 0 saturated carbocycles. The fourth-order valence-corrected chi connectivity index (χ4v) is 3.13. The van der Waals surface area contributed by atoms with Gasteiger partial charge in [0.15, 0.2) is 0 Å². The molecule has 0 aliphatic heterocycles. The SMILES string of the molecule is CCCOc1ccc(-n2c(C)c3c(C)nnc(C)c3c2C)nc1. The lowest BCUT2D eigenvalue weighted by atomic mass is 10.1. The molecular weight excluding hydrogens is 288 g/mol. The average molecular weight is 310 g/mol. The molecular formula is C18H22N4O. The Morgan fingerprint density at radius 2 is 1.57 bits per heavy atom. The zero-order chi connectivity index (χ0) is 16.6. The van der Waals surface area contributed by atoms with Crippen LogP contribution in [0.3, 0.4) is 0 Å². The maximum atomic E-state index is 5.61. The van der Waals surface area contributed by atoms with Gasteiger partial charge in [-0.05, 0) is 46.2 Å². The summed E-state index contributed by atoms with van der Waals surface area (Å²) in [6.45, 7) is 11.0. The molecule has 0 aromatic carbocycles. The van der Waals surface area contributed by atoms with Gasteiger partial charge in [0, 0.05) is 22.2 Å². The number of pyridine rings is 1. The van der Waals surface area contributed by atoms with Crippen molar-refractivity contribution < 1.29 is 4.74 Å². The van der Waals surface area contributed by atoms with Crippen molar-refractivity contribution in [1.82, 2.24) is 19.7 Å². The summed E-state index contributed by atoms with van der Waals surface area (Å²) in [4.78, 5) is 4.58. The Bertz CT molecular complexity index is 805. The minimum absolute atomic E-state index is 0.711. The molecule has 0 saturated heterocycles. The van der Waals surface area contributed by atoms with Gasteiger partial charge in [-0.25, -0.2) is 4.98 Å². The van der Waals surface area contributed by atoms with Crippen LogP contribution in [-0.2, 0) is 0 Å². The first-order valence-electron chi connectivity index (χ1n) is 7.95. The quantitative estimate of drug-likeness (QED) is 0.734. The fourth-order valence-electron chi connectivity index (χ4n) is 3.13. The van der Waals surface area contributed by atoms with Crippen LogP contribution in [0.4, 0.5) is 0 Å². The molecule has 3 aromatic rings. The highest BCUT2D eigenvalue weighted by molar-refractivity contribution is 5.92. The van der Waals surface area contributed by atoms with E-state index in [1.165, 1.54) is 10.8 Å². The maximum Gasteiger partial charge on any atom is 0.137 e. The zero-order valence-corrected chi connectivity index (χ0v) is 14.3. The summed E-state index contributed by atoms with van der Waals surface area (Å²) in [6, 6.07) is 3.97. The van der Waals surface area contributed by atoms with Crippen molar-refractivity contribution in [2.45, 2.75) is 41.0 Å². The normalized spacial score (nSPS) is 11.2. The van der Waals surface area contributed by atoms with Gasteiger partial charge in [0.25, 0.3) is 0 Å². The predicted molar refractivity (Wildman–Crippen MR) is 91.4 cm³/mol. The molecule has 0 bridgehead atoms. The second-order valence-electron chi connectivity index (χ2n) is 5.83. The van der Waals surface area contributed by atoms with E-state index in [0.29, 0.717) is 6.61 Å².